The summed E-state index contributed by atoms with van der Waals surface area (Å²) in [5.41, 5.74) is 3.91. The SMILES string of the molecule is Oc1cc(O)cc(Cc2c3ccccc3nc3ccccc23)c1. The monoisotopic (exact) mass is 301 g/mol. The Morgan fingerprint density at radius 3 is 1.78 bits per heavy atom. The van der Waals surface area contributed by atoms with Crippen molar-refractivity contribution in [2.45, 2.75) is 6.42 Å². The van der Waals surface area contributed by atoms with Crippen LogP contribution in [0.15, 0.2) is 66.7 Å². The lowest BCUT2D eigenvalue weighted by Crippen LogP contribution is -1.94. The van der Waals surface area contributed by atoms with Gasteiger partial charge in [0.15, 0.2) is 0 Å². The number of hydrogen-bond donors (Lipinski definition) is 2. The third-order valence-electron chi connectivity index (χ3n) is 4.04. The molecule has 23 heavy (non-hydrogen) atoms. The van der Waals surface area contributed by atoms with Gasteiger partial charge < -0.3 is 10.2 Å². The molecular formula is C20H15NO2. The van der Waals surface area contributed by atoms with E-state index in [2.05, 4.69) is 12.1 Å². The summed E-state index contributed by atoms with van der Waals surface area (Å²) in [4.78, 5) is 4.72. The highest BCUT2D eigenvalue weighted by molar-refractivity contribution is 5.97. The molecule has 0 spiro atoms. The number of para-hydroxylation sites is 2. The van der Waals surface area contributed by atoms with Gasteiger partial charge in [-0.15, -0.1) is 0 Å². The van der Waals surface area contributed by atoms with Crippen molar-refractivity contribution in [2.75, 3.05) is 0 Å². The van der Waals surface area contributed by atoms with Crippen LogP contribution in [-0.4, -0.2) is 15.2 Å². The van der Waals surface area contributed by atoms with Crippen LogP contribution in [0, 0.1) is 0 Å². The zero-order valence-corrected chi connectivity index (χ0v) is 12.4. The summed E-state index contributed by atoms with van der Waals surface area (Å²) < 4.78 is 0. The number of benzene rings is 3. The molecule has 3 aromatic carbocycles. The van der Waals surface area contributed by atoms with Gasteiger partial charge in [0.05, 0.1) is 11.0 Å². The molecule has 0 aliphatic rings. The van der Waals surface area contributed by atoms with E-state index in [-0.39, 0.29) is 11.5 Å². The lowest BCUT2D eigenvalue weighted by atomic mass is 9.96. The molecular weight excluding hydrogens is 286 g/mol. The summed E-state index contributed by atoms with van der Waals surface area (Å²) in [6.07, 6.45) is 0.617. The van der Waals surface area contributed by atoms with E-state index < -0.39 is 0 Å². The number of hydrogen-bond acceptors (Lipinski definition) is 3. The van der Waals surface area contributed by atoms with Gasteiger partial charge in [0.2, 0.25) is 0 Å². The minimum absolute atomic E-state index is 0.0719. The lowest BCUT2D eigenvalue weighted by Gasteiger charge is -2.11. The van der Waals surface area contributed by atoms with Gasteiger partial charge in [-0.1, -0.05) is 36.4 Å². The van der Waals surface area contributed by atoms with Crippen LogP contribution in [0.25, 0.3) is 21.8 Å². The molecule has 0 saturated carbocycles. The molecule has 0 aliphatic heterocycles. The Kier molecular flexibility index (Phi) is 3.12. The Bertz CT molecular complexity index is 950. The Balaban J connectivity index is 1.99. The van der Waals surface area contributed by atoms with Crippen molar-refractivity contribution in [3.8, 4) is 11.5 Å². The van der Waals surface area contributed by atoms with Gasteiger partial charge in [0.25, 0.3) is 0 Å². The Hall–Kier alpha value is -3.07. The minimum Gasteiger partial charge on any atom is -0.508 e. The summed E-state index contributed by atoms with van der Waals surface area (Å²) in [6, 6.07) is 20.8. The summed E-state index contributed by atoms with van der Waals surface area (Å²) in [5, 5.41) is 21.6. The summed E-state index contributed by atoms with van der Waals surface area (Å²) >= 11 is 0. The van der Waals surface area contributed by atoms with Gasteiger partial charge in [0, 0.05) is 16.8 Å². The number of aromatic hydroxyl groups is 2. The van der Waals surface area contributed by atoms with Gasteiger partial charge in [-0.3, -0.25) is 0 Å². The first kappa shape index (κ1) is 13.6. The third kappa shape index (κ3) is 2.46. The van der Waals surface area contributed by atoms with Crippen LogP contribution in [0.3, 0.4) is 0 Å². The predicted octanol–water partition coefficient (Wildman–Crippen LogP) is 4.39. The fraction of sp³-hybridized carbons (Fsp3) is 0.0500. The van der Waals surface area contributed by atoms with Gasteiger partial charge in [-0.2, -0.15) is 0 Å². The molecule has 0 bridgehead atoms. The highest BCUT2D eigenvalue weighted by Gasteiger charge is 2.10. The molecule has 112 valence electrons. The highest BCUT2D eigenvalue weighted by Crippen LogP contribution is 2.30. The molecule has 1 aromatic heterocycles. The number of phenols is 2. The Morgan fingerprint density at radius 1 is 0.696 bits per heavy atom. The van der Waals surface area contributed by atoms with Crippen molar-refractivity contribution < 1.29 is 10.2 Å². The maximum absolute atomic E-state index is 9.73. The second-order valence-corrected chi connectivity index (χ2v) is 5.66. The third-order valence-corrected chi connectivity index (χ3v) is 4.04. The van der Waals surface area contributed by atoms with E-state index in [1.54, 1.807) is 12.1 Å². The van der Waals surface area contributed by atoms with Crippen molar-refractivity contribution >= 4 is 21.8 Å². The molecule has 0 radical (unpaired) electrons. The van der Waals surface area contributed by atoms with Crippen molar-refractivity contribution in [1.82, 2.24) is 4.98 Å². The fourth-order valence-electron chi connectivity index (χ4n) is 3.08. The summed E-state index contributed by atoms with van der Waals surface area (Å²) in [6.45, 7) is 0. The molecule has 0 aliphatic carbocycles. The van der Waals surface area contributed by atoms with Gasteiger partial charge >= 0.3 is 0 Å². The molecule has 0 unspecified atom stereocenters. The second kappa shape index (κ2) is 5.29. The maximum atomic E-state index is 9.73. The number of rotatable bonds is 2. The summed E-state index contributed by atoms with van der Waals surface area (Å²) in [5.74, 6) is 0.144. The molecule has 0 amide bonds. The molecule has 1 heterocycles. The Morgan fingerprint density at radius 2 is 1.22 bits per heavy atom. The van der Waals surface area contributed by atoms with Crippen LogP contribution in [0.5, 0.6) is 11.5 Å². The molecule has 4 rings (SSSR count). The number of fused-ring (bicyclic) bond motifs is 2. The normalized spacial score (nSPS) is 11.1. The number of phenolic OH excluding ortho intramolecular Hbond substituents is 2. The molecule has 4 aromatic rings. The maximum Gasteiger partial charge on any atom is 0.119 e. The fourth-order valence-corrected chi connectivity index (χ4v) is 3.08. The van der Waals surface area contributed by atoms with E-state index in [0.29, 0.717) is 6.42 Å². The zero-order valence-electron chi connectivity index (χ0n) is 12.4. The van der Waals surface area contributed by atoms with Crippen molar-refractivity contribution in [1.29, 1.82) is 0 Å². The van der Waals surface area contributed by atoms with Crippen LogP contribution < -0.4 is 0 Å². The average Bonchev–Trinajstić information content (AvgIpc) is 2.54. The largest absolute Gasteiger partial charge is 0.508 e. The van der Waals surface area contributed by atoms with Crippen LogP contribution in [0.4, 0.5) is 0 Å². The van der Waals surface area contributed by atoms with E-state index in [0.717, 1.165) is 32.9 Å². The smallest absolute Gasteiger partial charge is 0.119 e. The van der Waals surface area contributed by atoms with Crippen molar-refractivity contribution in [3.05, 3.63) is 77.9 Å². The van der Waals surface area contributed by atoms with Crippen LogP contribution in [0.2, 0.25) is 0 Å². The number of nitrogens with zero attached hydrogens (tertiary/aromatic N) is 1. The topological polar surface area (TPSA) is 53.4 Å². The molecule has 3 nitrogen and oxygen atoms in total. The molecule has 0 fully saturated rings. The van der Waals surface area contributed by atoms with Crippen LogP contribution >= 0.6 is 0 Å². The van der Waals surface area contributed by atoms with Crippen LogP contribution in [0.1, 0.15) is 11.1 Å². The van der Waals surface area contributed by atoms with Gasteiger partial charge in [-0.05, 0) is 41.8 Å². The van der Waals surface area contributed by atoms with E-state index in [1.165, 1.54) is 6.07 Å². The molecule has 2 N–H and O–H groups in total. The van der Waals surface area contributed by atoms with E-state index in [1.807, 2.05) is 36.4 Å². The van der Waals surface area contributed by atoms with Crippen molar-refractivity contribution in [3.63, 3.8) is 0 Å². The highest BCUT2D eigenvalue weighted by atomic mass is 16.3. The first-order valence-corrected chi connectivity index (χ1v) is 7.49. The van der Waals surface area contributed by atoms with Crippen molar-refractivity contribution in [2.24, 2.45) is 0 Å². The Labute approximate surface area is 133 Å². The second-order valence-electron chi connectivity index (χ2n) is 5.66. The van der Waals surface area contributed by atoms with E-state index in [9.17, 15) is 10.2 Å². The number of pyridine rings is 1. The molecule has 3 heteroatoms. The number of aromatic nitrogens is 1. The standard InChI is InChI=1S/C20H15NO2/c22-14-9-13(10-15(23)12-14)11-18-16-5-1-3-7-19(16)21-20-8-4-2-6-17(18)20/h1-10,12,22-23H,11H2. The first-order valence-electron chi connectivity index (χ1n) is 7.49. The van der Waals surface area contributed by atoms with Gasteiger partial charge in [0.1, 0.15) is 11.5 Å². The molecule has 0 saturated heterocycles. The molecule has 0 atom stereocenters. The van der Waals surface area contributed by atoms with E-state index >= 15 is 0 Å². The summed E-state index contributed by atoms with van der Waals surface area (Å²) in [7, 11) is 0. The first-order chi connectivity index (χ1) is 11.2. The van der Waals surface area contributed by atoms with Crippen LogP contribution in [-0.2, 0) is 6.42 Å². The quantitative estimate of drug-likeness (QED) is 0.540. The van der Waals surface area contributed by atoms with E-state index in [4.69, 9.17) is 4.98 Å². The predicted molar refractivity (Wildman–Crippen MR) is 91.8 cm³/mol. The average molecular weight is 301 g/mol. The lowest BCUT2D eigenvalue weighted by molar-refractivity contribution is 0.449. The van der Waals surface area contributed by atoms with Gasteiger partial charge in [-0.25, -0.2) is 4.98 Å². The zero-order chi connectivity index (χ0) is 15.8. The minimum atomic E-state index is 0.0719.